The molecule has 3 aromatic heterocycles. The monoisotopic (exact) mass is 317 g/mol. The van der Waals surface area contributed by atoms with Gasteiger partial charge in [0.05, 0.1) is 12.3 Å². The van der Waals surface area contributed by atoms with Crippen LogP contribution in [-0.4, -0.2) is 16.0 Å². The number of aryl methyl sites for hydroxylation is 1. The summed E-state index contributed by atoms with van der Waals surface area (Å²) in [6, 6.07) is 7.49. The van der Waals surface area contributed by atoms with Crippen LogP contribution in [0.2, 0.25) is 0 Å². The summed E-state index contributed by atoms with van der Waals surface area (Å²) in [4.78, 5) is 17.3. The molecule has 1 atom stereocenters. The summed E-state index contributed by atoms with van der Waals surface area (Å²) in [6.07, 6.45) is 2.25. The van der Waals surface area contributed by atoms with Crippen LogP contribution in [0.4, 0.5) is 0 Å². The highest BCUT2D eigenvalue weighted by Gasteiger charge is 2.14. The Morgan fingerprint density at radius 2 is 2.32 bits per heavy atom. The second kappa shape index (κ2) is 6.57. The van der Waals surface area contributed by atoms with Gasteiger partial charge in [-0.15, -0.1) is 11.3 Å². The molecule has 1 unspecified atom stereocenters. The summed E-state index contributed by atoms with van der Waals surface area (Å²) in [7, 11) is 0. The third-order valence-electron chi connectivity index (χ3n) is 3.12. The van der Waals surface area contributed by atoms with Gasteiger partial charge < -0.3 is 14.3 Å². The predicted octanol–water partition coefficient (Wildman–Crippen LogP) is 3.20. The van der Waals surface area contributed by atoms with Crippen LogP contribution in [0.15, 0.2) is 44.8 Å². The van der Waals surface area contributed by atoms with E-state index < -0.39 is 0 Å². The highest BCUT2D eigenvalue weighted by atomic mass is 32.1. The molecule has 0 aromatic carbocycles. The molecule has 0 saturated heterocycles. The van der Waals surface area contributed by atoms with E-state index >= 15 is 0 Å². The van der Waals surface area contributed by atoms with E-state index in [9.17, 15) is 4.79 Å². The zero-order valence-corrected chi connectivity index (χ0v) is 12.8. The van der Waals surface area contributed by atoms with Gasteiger partial charge in [0.1, 0.15) is 0 Å². The van der Waals surface area contributed by atoms with Gasteiger partial charge in [0.25, 0.3) is 0 Å². The third-order valence-corrected chi connectivity index (χ3v) is 4.18. The number of hydrogen-bond acceptors (Lipinski definition) is 6. The number of thiophene rings is 1. The second-order valence-corrected chi connectivity index (χ2v) is 5.77. The van der Waals surface area contributed by atoms with Crippen LogP contribution in [-0.2, 0) is 11.2 Å². The van der Waals surface area contributed by atoms with Crippen LogP contribution in [0.1, 0.15) is 30.2 Å². The van der Waals surface area contributed by atoms with E-state index in [4.69, 9.17) is 8.94 Å². The molecule has 3 heterocycles. The van der Waals surface area contributed by atoms with E-state index in [1.165, 1.54) is 0 Å². The summed E-state index contributed by atoms with van der Waals surface area (Å²) in [5.41, 5.74) is 0. The van der Waals surface area contributed by atoms with Gasteiger partial charge in [0, 0.05) is 17.7 Å². The predicted molar refractivity (Wildman–Crippen MR) is 81.2 cm³/mol. The normalized spacial score (nSPS) is 12.2. The standard InChI is InChI=1S/C15H15N3O3S/c1-10(12-5-3-9-22-12)16-13(19)6-7-14-17-15(18-21-14)11-4-2-8-20-11/h2-5,8-10H,6-7H2,1H3,(H,16,19). The van der Waals surface area contributed by atoms with Gasteiger partial charge in [-0.1, -0.05) is 11.2 Å². The maximum atomic E-state index is 11.9. The molecule has 3 aromatic rings. The average molecular weight is 317 g/mol. The summed E-state index contributed by atoms with van der Waals surface area (Å²) < 4.78 is 10.3. The SMILES string of the molecule is CC(NC(=O)CCc1nc(-c2ccco2)no1)c1cccs1. The smallest absolute Gasteiger partial charge is 0.238 e. The van der Waals surface area contributed by atoms with Gasteiger partial charge in [-0.2, -0.15) is 4.98 Å². The van der Waals surface area contributed by atoms with Crippen molar-refractivity contribution in [3.63, 3.8) is 0 Å². The summed E-state index contributed by atoms with van der Waals surface area (Å²) in [5, 5.41) is 8.77. The zero-order chi connectivity index (χ0) is 15.4. The van der Waals surface area contributed by atoms with Crippen LogP contribution in [0.3, 0.4) is 0 Å². The maximum absolute atomic E-state index is 11.9. The van der Waals surface area contributed by atoms with Crippen LogP contribution >= 0.6 is 11.3 Å². The number of nitrogens with zero attached hydrogens (tertiary/aromatic N) is 2. The Morgan fingerprint density at radius 1 is 1.41 bits per heavy atom. The van der Waals surface area contributed by atoms with Crippen molar-refractivity contribution in [1.29, 1.82) is 0 Å². The first-order valence-electron chi connectivity index (χ1n) is 6.91. The molecule has 0 saturated carbocycles. The second-order valence-electron chi connectivity index (χ2n) is 4.79. The van der Waals surface area contributed by atoms with Crippen molar-refractivity contribution in [1.82, 2.24) is 15.5 Å². The molecule has 1 amide bonds. The van der Waals surface area contributed by atoms with Crippen LogP contribution in [0.5, 0.6) is 0 Å². The Morgan fingerprint density at radius 3 is 3.05 bits per heavy atom. The molecule has 0 aliphatic heterocycles. The third kappa shape index (κ3) is 3.43. The molecular formula is C15H15N3O3S. The molecule has 0 fully saturated rings. The van der Waals surface area contributed by atoms with Gasteiger partial charge in [0.15, 0.2) is 5.76 Å². The number of aromatic nitrogens is 2. The number of amides is 1. The summed E-state index contributed by atoms with van der Waals surface area (Å²) in [6.45, 7) is 1.96. The highest BCUT2D eigenvalue weighted by Crippen LogP contribution is 2.19. The lowest BCUT2D eigenvalue weighted by molar-refractivity contribution is -0.121. The molecule has 6 nitrogen and oxygen atoms in total. The van der Waals surface area contributed by atoms with Crippen LogP contribution < -0.4 is 5.32 Å². The zero-order valence-electron chi connectivity index (χ0n) is 12.0. The van der Waals surface area contributed by atoms with E-state index in [0.717, 1.165) is 4.88 Å². The minimum absolute atomic E-state index is 0.00821. The van der Waals surface area contributed by atoms with E-state index in [2.05, 4.69) is 15.5 Å². The lowest BCUT2D eigenvalue weighted by Crippen LogP contribution is -2.26. The van der Waals surface area contributed by atoms with E-state index in [1.807, 2.05) is 24.4 Å². The van der Waals surface area contributed by atoms with Crippen LogP contribution in [0.25, 0.3) is 11.6 Å². The van der Waals surface area contributed by atoms with Crippen LogP contribution in [0, 0.1) is 0 Å². The van der Waals surface area contributed by atoms with Crippen molar-refractivity contribution in [2.75, 3.05) is 0 Å². The Labute approximate surface area is 131 Å². The first-order valence-corrected chi connectivity index (χ1v) is 7.79. The quantitative estimate of drug-likeness (QED) is 0.755. The van der Waals surface area contributed by atoms with Gasteiger partial charge in [0.2, 0.25) is 17.6 Å². The summed E-state index contributed by atoms with van der Waals surface area (Å²) in [5.74, 6) is 1.32. The minimum Gasteiger partial charge on any atom is -0.461 e. The molecular weight excluding hydrogens is 302 g/mol. The molecule has 0 spiro atoms. The molecule has 1 N–H and O–H groups in total. The van der Waals surface area contributed by atoms with Crippen molar-refractivity contribution < 1.29 is 13.7 Å². The number of carbonyl (C=O) groups is 1. The van der Waals surface area contributed by atoms with Gasteiger partial charge >= 0.3 is 0 Å². The molecule has 3 rings (SSSR count). The van der Waals surface area contributed by atoms with E-state index in [0.29, 0.717) is 30.3 Å². The number of rotatable bonds is 6. The number of carbonyl (C=O) groups excluding carboxylic acids is 1. The van der Waals surface area contributed by atoms with Crippen molar-refractivity contribution >= 4 is 17.2 Å². The van der Waals surface area contributed by atoms with Crippen molar-refractivity contribution in [2.24, 2.45) is 0 Å². The van der Waals surface area contributed by atoms with Crippen molar-refractivity contribution in [2.45, 2.75) is 25.8 Å². The first-order chi connectivity index (χ1) is 10.7. The number of hydrogen-bond donors (Lipinski definition) is 1. The number of furan rings is 1. The van der Waals surface area contributed by atoms with Crippen molar-refractivity contribution in [3.8, 4) is 11.6 Å². The Hall–Kier alpha value is -2.41. The molecule has 7 heteroatoms. The van der Waals surface area contributed by atoms with Gasteiger partial charge in [-0.3, -0.25) is 4.79 Å². The molecule has 0 bridgehead atoms. The lowest BCUT2D eigenvalue weighted by atomic mass is 10.2. The molecule has 0 aliphatic carbocycles. The molecule has 22 heavy (non-hydrogen) atoms. The fraction of sp³-hybridized carbons (Fsp3) is 0.267. The average Bonchev–Trinajstić information content (AvgIpc) is 3.25. The fourth-order valence-corrected chi connectivity index (χ4v) is 2.74. The number of nitrogens with one attached hydrogen (secondary N) is 1. The Balaban J connectivity index is 1.51. The van der Waals surface area contributed by atoms with Gasteiger partial charge in [-0.25, -0.2) is 0 Å². The Kier molecular flexibility index (Phi) is 4.34. The fourth-order valence-electron chi connectivity index (χ4n) is 2.01. The maximum Gasteiger partial charge on any atom is 0.238 e. The highest BCUT2D eigenvalue weighted by molar-refractivity contribution is 7.10. The minimum atomic E-state index is -0.0429. The molecule has 0 radical (unpaired) electrons. The topological polar surface area (TPSA) is 81.2 Å². The molecule has 114 valence electrons. The van der Waals surface area contributed by atoms with E-state index in [1.54, 1.807) is 29.7 Å². The molecule has 0 aliphatic rings. The van der Waals surface area contributed by atoms with E-state index in [-0.39, 0.29) is 11.9 Å². The largest absolute Gasteiger partial charge is 0.461 e. The summed E-state index contributed by atoms with van der Waals surface area (Å²) >= 11 is 1.62. The van der Waals surface area contributed by atoms with Crippen molar-refractivity contribution in [3.05, 3.63) is 46.7 Å². The lowest BCUT2D eigenvalue weighted by Gasteiger charge is -2.11. The first kappa shape index (κ1) is 14.5. The van der Waals surface area contributed by atoms with Gasteiger partial charge in [-0.05, 0) is 30.5 Å². The Bertz CT molecular complexity index is 719.